The average molecular weight is 270 g/mol. The van der Waals surface area contributed by atoms with Crippen LogP contribution in [0.3, 0.4) is 0 Å². The van der Waals surface area contributed by atoms with Crippen molar-refractivity contribution < 1.29 is 14.3 Å². The lowest BCUT2D eigenvalue weighted by molar-refractivity contribution is -0.115. The fourth-order valence-corrected chi connectivity index (χ4v) is 2.01. The number of pyridine rings is 1. The maximum atomic E-state index is 11.9. The average Bonchev–Trinajstić information content (AvgIpc) is 2.48. The standard InChI is InChI=1S/C15H14N2O3/c18-15(17-14-3-1-2-6-16-14)10-11-4-5-12-13(9-11)20-8-7-19-12/h1-6,9H,7-8,10H2,(H,16,17,18). The van der Waals surface area contributed by atoms with Gasteiger partial charge < -0.3 is 14.8 Å². The molecule has 0 saturated heterocycles. The minimum absolute atomic E-state index is 0.111. The number of hydrogen-bond donors (Lipinski definition) is 1. The molecule has 1 N–H and O–H groups in total. The van der Waals surface area contributed by atoms with Crippen LogP contribution in [0.4, 0.5) is 5.82 Å². The number of carbonyl (C=O) groups excluding carboxylic acids is 1. The van der Waals surface area contributed by atoms with Crippen LogP contribution in [0.15, 0.2) is 42.6 Å². The van der Waals surface area contributed by atoms with E-state index in [9.17, 15) is 4.79 Å². The number of carbonyl (C=O) groups is 1. The molecular formula is C15H14N2O3. The molecule has 1 aliphatic heterocycles. The Kier molecular flexibility index (Phi) is 3.50. The molecule has 5 nitrogen and oxygen atoms in total. The predicted octanol–water partition coefficient (Wildman–Crippen LogP) is 2.03. The van der Waals surface area contributed by atoms with E-state index >= 15 is 0 Å². The molecule has 102 valence electrons. The highest BCUT2D eigenvalue weighted by Crippen LogP contribution is 2.30. The number of nitrogens with zero attached hydrogens (tertiary/aromatic N) is 1. The van der Waals surface area contributed by atoms with E-state index in [-0.39, 0.29) is 12.3 Å². The van der Waals surface area contributed by atoms with Crippen molar-refractivity contribution in [2.24, 2.45) is 0 Å². The summed E-state index contributed by atoms with van der Waals surface area (Å²) in [7, 11) is 0. The summed E-state index contributed by atoms with van der Waals surface area (Å²) in [5.74, 6) is 1.86. The van der Waals surface area contributed by atoms with Gasteiger partial charge in [-0.2, -0.15) is 0 Å². The first-order valence-electron chi connectivity index (χ1n) is 6.41. The number of anilines is 1. The maximum Gasteiger partial charge on any atom is 0.229 e. The molecule has 0 radical (unpaired) electrons. The number of hydrogen-bond acceptors (Lipinski definition) is 4. The van der Waals surface area contributed by atoms with Gasteiger partial charge in [-0.15, -0.1) is 0 Å². The second kappa shape index (κ2) is 5.61. The summed E-state index contributed by atoms with van der Waals surface area (Å²) in [5, 5.41) is 2.75. The third-order valence-corrected chi connectivity index (χ3v) is 2.90. The molecule has 0 atom stereocenters. The van der Waals surface area contributed by atoms with Gasteiger partial charge in [0.2, 0.25) is 5.91 Å². The van der Waals surface area contributed by atoms with Crippen molar-refractivity contribution in [3.05, 3.63) is 48.2 Å². The van der Waals surface area contributed by atoms with E-state index in [1.54, 1.807) is 18.3 Å². The number of aromatic nitrogens is 1. The highest BCUT2D eigenvalue weighted by molar-refractivity contribution is 5.91. The molecular weight excluding hydrogens is 256 g/mol. The lowest BCUT2D eigenvalue weighted by Gasteiger charge is -2.18. The van der Waals surface area contributed by atoms with E-state index in [4.69, 9.17) is 9.47 Å². The number of benzene rings is 1. The molecule has 1 aromatic heterocycles. The molecule has 2 heterocycles. The summed E-state index contributed by atoms with van der Waals surface area (Å²) >= 11 is 0. The van der Waals surface area contributed by atoms with Gasteiger partial charge in [-0.1, -0.05) is 12.1 Å². The minimum atomic E-state index is -0.111. The van der Waals surface area contributed by atoms with Crippen LogP contribution in [0.2, 0.25) is 0 Å². The van der Waals surface area contributed by atoms with Crippen molar-refractivity contribution in [2.45, 2.75) is 6.42 Å². The number of rotatable bonds is 3. The first kappa shape index (κ1) is 12.5. The zero-order chi connectivity index (χ0) is 13.8. The second-order valence-corrected chi connectivity index (χ2v) is 4.42. The summed E-state index contributed by atoms with van der Waals surface area (Å²) in [6, 6.07) is 10.9. The number of nitrogens with one attached hydrogen (secondary N) is 1. The van der Waals surface area contributed by atoms with E-state index in [2.05, 4.69) is 10.3 Å². The van der Waals surface area contributed by atoms with Crippen LogP contribution in [0.5, 0.6) is 11.5 Å². The summed E-state index contributed by atoms with van der Waals surface area (Å²) in [4.78, 5) is 16.0. The Labute approximate surface area is 116 Å². The van der Waals surface area contributed by atoms with E-state index in [1.165, 1.54) is 0 Å². The monoisotopic (exact) mass is 270 g/mol. The van der Waals surface area contributed by atoms with Crippen LogP contribution >= 0.6 is 0 Å². The van der Waals surface area contributed by atoms with Gasteiger partial charge in [-0.3, -0.25) is 4.79 Å². The molecule has 0 fully saturated rings. The number of amides is 1. The molecule has 0 bridgehead atoms. The van der Waals surface area contributed by atoms with Gasteiger partial charge >= 0.3 is 0 Å². The topological polar surface area (TPSA) is 60.5 Å². The van der Waals surface area contributed by atoms with Gasteiger partial charge in [0.25, 0.3) is 0 Å². The van der Waals surface area contributed by atoms with Crippen molar-refractivity contribution in [3.63, 3.8) is 0 Å². The quantitative estimate of drug-likeness (QED) is 0.927. The van der Waals surface area contributed by atoms with E-state index in [1.807, 2.05) is 24.3 Å². The SMILES string of the molecule is O=C(Cc1ccc2c(c1)OCCO2)Nc1ccccn1. The van der Waals surface area contributed by atoms with Crippen LogP contribution in [0.1, 0.15) is 5.56 Å². The van der Waals surface area contributed by atoms with Crippen LogP contribution in [0.25, 0.3) is 0 Å². The Hall–Kier alpha value is -2.56. The third-order valence-electron chi connectivity index (χ3n) is 2.90. The van der Waals surface area contributed by atoms with Gasteiger partial charge in [-0.25, -0.2) is 4.98 Å². The summed E-state index contributed by atoms with van der Waals surface area (Å²) < 4.78 is 10.9. The van der Waals surface area contributed by atoms with Crippen molar-refractivity contribution in [1.29, 1.82) is 0 Å². The molecule has 0 spiro atoms. The Bertz CT molecular complexity index is 614. The molecule has 5 heteroatoms. The van der Waals surface area contributed by atoms with Gasteiger partial charge in [0.05, 0.1) is 6.42 Å². The highest BCUT2D eigenvalue weighted by atomic mass is 16.6. The Morgan fingerprint density at radius 3 is 2.80 bits per heavy atom. The lowest BCUT2D eigenvalue weighted by atomic mass is 10.1. The fourth-order valence-electron chi connectivity index (χ4n) is 2.01. The first-order chi connectivity index (χ1) is 9.81. The normalized spacial score (nSPS) is 12.8. The summed E-state index contributed by atoms with van der Waals surface area (Å²) in [5.41, 5.74) is 0.877. The van der Waals surface area contributed by atoms with Crippen LogP contribution in [0, 0.1) is 0 Å². The van der Waals surface area contributed by atoms with Crippen molar-refractivity contribution in [1.82, 2.24) is 4.98 Å². The Morgan fingerprint density at radius 2 is 2.00 bits per heavy atom. The fraction of sp³-hybridized carbons (Fsp3) is 0.200. The highest BCUT2D eigenvalue weighted by Gasteiger charge is 2.13. The smallest absolute Gasteiger partial charge is 0.229 e. The minimum Gasteiger partial charge on any atom is -0.486 e. The van der Waals surface area contributed by atoms with Crippen molar-refractivity contribution in [3.8, 4) is 11.5 Å². The number of fused-ring (bicyclic) bond motifs is 1. The van der Waals surface area contributed by atoms with E-state index < -0.39 is 0 Å². The Morgan fingerprint density at radius 1 is 1.15 bits per heavy atom. The second-order valence-electron chi connectivity index (χ2n) is 4.42. The molecule has 2 aromatic rings. The van der Waals surface area contributed by atoms with Gasteiger partial charge in [0.15, 0.2) is 11.5 Å². The molecule has 1 amide bonds. The molecule has 1 aromatic carbocycles. The maximum absolute atomic E-state index is 11.9. The van der Waals surface area contributed by atoms with Crippen molar-refractivity contribution >= 4 is 11.7 Å². The Balaban J connectivity index is 1.67. The summed E-state index contributed by atoms with van der Waals surface area (Å²) in [6.07, 6.45) is 1.91. The molecule has 0 unspecified atom stereocenters. The van der Waals surface area contributed by atoms with E-state index in [0.717, 1.165) is 11.3 Å². The number of ether oxygens (including phenoxy) is 2. The first-order valence-corrected chi connectivity index (χ1v) is 6.41. The lowest BCUT2D eigenvalue weighted by Crippen LogP contribution is -2.17. The van der Waals surface area contributed by atoms with Crippen LogP contribution in [-0.4, -0.2) is 24.1 Å². The summed E-state index contributed by atoms with van der Waals surface area (Å²) in [6.45, 7) is 1.10. The third kappa shape index (κ3) is 2.88. The van der Waals surface area contributed by atoms with E-state index in [0.29, 0.717) is 24.8 Å². The molecule has 1 aliphatic rings. The molecule has 3 rings (SSSR count). The molecule has 0 aliphatic carbocycles. The molecule has 0 saturated carbocycles. The van der Waals surface area contributed by atoms with Crippen molar-refractivity contribution in [2.75, 3.05) is 18.5 Å². The van der Waals surface area contributed by atoms with Crippen LogP contribution < -0.4 is 14.8 Å². The zero-order valence-electron chi connectivity index (χ0n) is 10.8. The predicted molar refractivity (Wildman–Crippen MR) is 74.0 cm³/mol. The van der Waals surface area contributed by atoms with Gasteiger partial charge in [0, 0.05) is 6.20 Å². The van der Waals surface area contributed by atoms with Crippen LogP contribution in [-0.2, 0) is 11.2 Å². The molecule has 20 heavy (non-hydrogen) atoms. The van der Waals surface area contributed by atoms with Gasteiger partial charge in [0.1, 0.15) is 19.0 Å². The van der Waals surface area contributed by atoms with Gasteiger partial charge in [-0.05, 0) is 29.8 Å². The largest absolute Gasteiger partial charge is 0.486 e. The zero-order valence-corrected chi connectivity index (χ0v) is 10.8.